The maximum Gasteiger partial charge on any atom is 0.290 e. The van der Waals surface area contributed by atoms with Gasteiger partial charge in [0.1, 0.15) is 0 Å². The molecule has 156 valence electrons. The van der Waals surface area contributed by atoms with Gasteiger partial charge in [0.2, 0.25) is 5.76 Å². The Morgan fingerprint density at radius 1 is 1.25 bits per heavy atom. The lowest BCUT2D eigenvalue weighted by molar-refractivity contribution is 0.0366. The Bertz CT molecular complexity index is 699. The minimum Gasteiger partial charge on any atom is -0.350 e. The number of amides is 1. The van der Waals surface area contributed by atoms with Crippen LogP contribution in [0.25, 0.3) is 0 Å². The van der Waals surface area contributed by atoms with Gasteiger partial charge < -0.3 is 14.7 Å². The average Bonchev–Trinajstić information content (AvgIpc) is 3.12. The molecule has 0 aromatic carbocycles. The quantitative estimate of drug-likeness (QED) is 0.811. The first kappa shape index (κ1) is 19.9. The highest BCUT2D eigenvalue weighted by molar-refractivity contribution is 5.93. The van der Waals surface area contributed by atoms with E-state index < -0.39 is 0 Å². The van der Waals surface area contributed by atoms with E-state index in [1.165, 1.54) is 51.6 Å². The van der Waals surface area contributed by atoms with E-state index in [4.69, 9.17) is 4.52 Å². The van der Waals surface area contributed by atoms with E-state index in [2.05, 4.69) is 27.3 Å². The summed E-state index contributed by atoms with van der Waals surface area (Å²) in [5.74, 6) is 1.25. The molecule has 3 heterocycles. The first-order valence-corrected chi connectivity index (χ1v) is 11.2. The Hall–Kier alpha value is -1.40. The Morgan fingerprint density at radius 3 is 2.75 bits per heavy atom. The molecule has 2 atom stereocenters. The highest BCUT2D eigenvalue weighted by Crippen LogP contribution is 2.37. The van der Waals surface area contributed by atoms with Crippen LogP contribution in [0.15, 0.2) is 4.52 Å². The summed E-state index contributed by atoms with van der Waals surface area (Å²) in [5, 5.41) is 7.26. The van der Waals surface area contributed by atoms with Crippen molar-refractivity contribution in [2.24, 2.45) is 5.92 Å². The van der Waals surface area contributed by atoms with Crippen LogP contribution in [0.5, 0.6) is 0 Å². The third-order valence-electron chi connectivity index (χ3n) is 7.72. The zero-order valence-corrected chi connectivity index (χ0v) is 17.8. The number of aromatic nitrogens is 1. The first-order valence-electron chi connectivity index (χ1n) is 11.2. The molecule has 1 aliphatic carbocycles. The van der Waals surface area contributed by atoms with Crippen LogP contribution < -0.4 is 5.32 Å². The number of rotatable bonds is 6. The number of carbonyl (C=O) groups is 1. The van der Waals surface area contributed by atoms with Gasteiger partial charge in [-0.1, -0.05) is 24.4 Å². The summed E-state index contributed by atoms with van der Waals surface area (Å²) in [6.07, 6.45) is 10.4. The molecule has 2 aliphatic heterocycles. The molecule has 1 saturated carbocycles. The molecule has 4 rings (SSSR count). The maximum atomic E-state index is 12.9. The van der Waals surface area contributed by atoms with Crippen LogP contribution >= 0.6 is 0 Å². The molecule has 0 bridgehead atoms. The molecular weight excluding hydrogens is 352 g/mol. The fourth-order valence-corrected chi connectivity index (χ4v) is 5.46. The van der Waals surface area contributed by atoms with Crippen LogP contribution in [0.2, 0.25) is 0 Å². The smallest absolute Gasteiger partial charge is 0.290 e. The van der Waals surface area contributed by atoms with Gasteiger partial charge in [-0.25, -0.2) is 0 Å². The summed E-state index contributed by atoms with van der Waals surface area (Å²) in [4.78, 5) is 18.0. The lowest BCUT2D eigenvalue weighted by atomic mass is 9.81. The SMILES string of the molecule is Cc1noc(C(=O)NC2CCN(C)C23CCCN(CCCC2CCC2)C3)c1C. The molecule has 2 unspecified atom stereocenters. The number of carbonyl (C=O) groups excluding carboxylic acids is 1. The molecule has 2 saturated heterocycles. The summed E-state index contributed by atoms with van der Waals surface area (Å²) in [6, 6.07) is 0.171. The van der Waals surface area contributed by atoms with Crippen LogP contribution in [0, 0.1) is 19.8 Å². The van der Waals surface area contributed by atoms with E-state index in [1.54, 1.807) is 0 Å². The van der Waals surface area contributed by atoms with Gasteiger partial charge in [-0.05, 0) is 72.0 Å². The summed E-state index contributed by atoms with van der Waals surface area (Å²) >= 11 is 0. The highest BCUT2D eigenvalue weighted by Gasteiger charge is 2.50. The fraction of sp³-hybridized carbons (Fsp3) is 0.818. The molecule has 6 heteroatoms. The lowest BCUT2D eigenvalue weighted by Gasteiger charge is -2.48. The van der Waals surface area contributed by atoms with E-state index in [9.17, 15) is 4.79 Å². The Morgan fingerprint density at radius 2 is 2.07 bits per heavy atom. The number of likely N-dealkylation sites (N-methyl/N-ethyl adjacent to an activating group) is 1. The molecule has 28 heavy (non-hydrogen) atoms. The summed E-state index contributed by atoms with van der Waals surface area (Å²) in [7, 11) is 2.23. The zero-order valence-electron chi connectivity index (χ0n) is 17.8. The molecule has 6 nitrogen and oxygen atoms in total. The maximum absolute atomic E-state index is 12.9. The molecule has 3 fully saturated rings. The van der Waals surface area contributed by atoms with Crippen LogP contribution in [0.3, 0.4) is 0 Å². The molecule has 1 spiro atoms. The van der Waals surface area contributed by atoms with E-state index >= 15 is 0 Å². The van der Waals surface area contributed by atoms with Gasteiger partial charge in [0.15, 0.2) is 0 Å². The van der Waals surface area contributed by atoms with E-state index in [-0.39, 0.29) is 17.5 Å². The van der Waals surface area contributed by atoms with Crippen molar-refractivity contribution in [2.45, 2.75) is 76.8 Å². The Kier molecular flexibility index (Phi) is 5.79. The second-order valence-corrected chi connectivity index (χ2v) is 9.38. The van der Waals surface area contributed by atoms with Crippen LogP contribution in [0.1, 0.15) is 73.2 Å². The Labute approximate surface area is 169 Å². The van der Waals surface area contributed by atoms with Gasteiger partial charge in [-0.15, -0.1) is 0 Å². The molecule has 1 amide bonds. The lowest BCUT2D eigenvalue weighted by Crippen LogP contribution is -2.63. The van der Waals surface area contributed by atoms with Crippen LogP contribution in [0.4, 0.5) is 0 Å². The third-order valence-corrected chi connectivity index (χ3v) is 7.72. The molecule has 1 aromatic heterocycles. The van der Waals surface area contributed by atoms with Crippen molar-refractivity contribution < 1.29 is 9.32 Å². The van der Waals surface area contributed by atoms with Crippen molar-refractivity contribution in [3.05, 3.63) is 17.0 Å². The standard InChI is InChI=1S/C22H36N4O2/c1-16-17(2)24-28-20(16)21(27)23-19-10-14-25(3)22(19)11-6-13-26(15-22)12-5-9-18-7-4-8-18/h18-19H,4-15H2,1-3H3,(H,23,27). The number of hydrogen-bond donors (Lipinski definition) is 1. The summed E-state index contributed by atoms with van der Waals surface area (Å²) < 4.78 is 5.30. The number of aryl methyl sites for hydroxylation is 1. The van der Waals surface area contributed by atoms with Gasteiger partial charge in [0.05, 0.1) is 17.3 Å². The first-order chi connectivity index (χ1) is 13.5. The minimum atomic E-state index is -0.111. The number of likely N-dealkylation sites (tertiary alicyclic amines) is 2. The number of nitrogens with one attached hydrogen (secondary N) is 1. The van der Waals surface area contributed by atoms with Gasteiger partial charge in [-0.2, -0.15) is 0 Å². The third kappa shape index (κ3) is 3.73. The number of hydrogen-bond acceptors (Lipinski definition) is 5. The largest absolute Gasteiger partial charge is 0.350 e. The van der Waals surface area contributed by atoms with Gasteiger partial charge in [0, 0.05) is 18.7 Å². The van der Waals surface area contributed by atoms with Crippen molar-refractivity contribution >= 4 is 5.91 Å². The summed E-state index contributed by atoms with van der Waals surface area (Å²) in [6.45, 7) is 8.28. The topological polar surface area (TPSA) is 61.6 Å². The van der Waals surface area contributed by atoms with Crippen LogP contribution in [-0.2, 0) is 0 Å². The monoisotopic (exact) mass is 388 g/mol. The second-order valence-electron chi connectivity index (χ2n) is 9.38. The number of piperidine rings is 1. The Balaban J connectivity index is 1.39. The van der Waals surface area contributed by atoms with Gasteiger partial charge in [-0.3, -0.25) is 9.69 Å². The fourth-order valence-electron chi connectivity index (χ4n) is 5.46. The zero-order chi connectivity index (χ0) is 19.7. The van der Waals surface area contributed by atoms with Crippen molar-refractivity contribution in [1.82, 2.24) is 20.3 Å². The predicted octanol–water partition coefficient (Wildman–Crippen LogP) is 3.14. The number of nitrogens with zero attached hydrogens (tertiary/aromatic N) is 3. The molecule has 0 radical (unpaired) electrons. The van der Waals surface area contributed by atoms with Gasteiger partial charge in [0.25, 0.3) is 5.91 Å². The van der Waals surface area contributed by atoms with Crippen molar-refractivity contribution in [1.29, 1.82) is 0 Å². The van der Waals surface area contributed by atoms with E-state index in [0.29, 0.717) is 5.76 Å². The van der Waals surface area contributed by atoms with Gasteiger partial charge >= 0.3 is 0 Å². The minimum absolute atomic E-state index is 0.0490. The second kappa shape index (κ2) is 8.15. The summed E-state index contributed by atoms with van der Waals surface area (Å²) in [5.41, 5.74) is 1.69. The molecular formula is C22H36N4O2. The predicted molar refractivity (Wildman–Crippen MR) is 109 cm³/mol. The molecule has 3 aliphatic rings. The highest BCUT2D eigenvalue weighted by atomic mass is 16.5. The van der Waals surface area contributed by atoms with Crippen molar-refractivity contribution in [2.75, 3.05) is 33.2 Å². The van der Waals surface area contributed by atoms with Crippen molar-refractivity contribution in [3.63, 3.8) is 0 Å². The van der Waals surface area contributed by atoms with Crippen LogP contribution in [-0.4, -0.2) is 65.7 Å². The van der Waals surface area contributed by atoms with E-state index in [1.807, 2.05) is 13.8 Å². The van der Waals surface area contributed by atoms with E-state index in [0.717, 1.165) is 43.1 Å². The molecule has 1 N–H and O–H groups in total. The van der Waals surface area contributed by atoms with Crippen molar-refractivity contribution in [3.8, 4) is 0 Å². The normalized spacial score (nSPS) is 29.3. The molecule has 1 aromatic rings. The average molecular weight is 389 g/mol.